The predicted molar refractivity (Wildman–Crippen MR) is 83.8 cm³/mol. The zero-order valence-electron chi connectivity index (χ0n) is 13.3. The molecule has 8 heteroatoms. The van der Waals surface area contributed by atoms with Crippen LogP contribution in [0, 0.1) is 6.92 Å². The molecule has 0 bridgehead atoms. The van der Waals surface area contributed by atoms with E-state index in [1.807, 2.05) is 0 Å². The summed E-state index contributed by atoms with van der Waals surface area (Å²) < 4.78 is 17.5. The molecule has 2 aromatic rings. The lowest BCUT2D eigenvalue weighted by molar-refractivity contribution is -0.143. The molecule has 8 nitrogen and oxygen atoms in total. The molecule has 3 rings (SSSR count). The maximum Gasteiger partial charge on any atom is 0.336 e. The van der Waals surface area contributed by atoms with Crippen LogP contribution in [-0.4, -0.2) is 28.5 Å². The highest BCUT2D eigenvalue weighted by atomic mass is 16.7. The third-order valence-electron chi connectivity index (χ3n) is 3.58. The summed E-state index contributed by atoms with van der Waals surface area (Å²) in [5, 5.41) is 0. The average Bonchev–Trinajstić information content (AvgIpc) is 2.99. The van der Waals surface area contributed by atoms with Gasteiger partial charge in [-0.25, -0.2) is 9.36 Å². The molecular weight excluding hydrogens is 316 g/mol. The fourth-order valence-corrected chi connectivity index (χ4v) is 2.51. The second-order valence-corrected chi connectivity index (χ2v) is 5.17. The number of ether oxygens (including phenoxy) is 3. The molecule has 126 valence electrons. The molecule has 0 N–H and O–H groups in total. The molecule has 0 aliphatic carbocycles. The SMILES string of the molecule is CCOC(=O)Cn1c(=O)cc(C)n(-c2ccc3c(c2)OCO3)c1=O. The Bertz CT molecular complexity index is 912. The second-order valence-electron chi connectivity index (χ2n) is 5.17. The van der Waals surface area contributed by atoms with Crippen molar-refractivity contribution in [2.24, 2.45) is 0 Å². The van der Waals surface area contributed by atoms with E-state index in [4.69, 9.17) is 14.2 Å². The minimum atomic E-state index is -0.641. The summed E-state index contributed by atoms with van der Waals surface area (Å²) in [4.78, 5) is 36.4. The van der Waals surface area contributed by atoms with Crippen LogP contribution in [0.25, 0.3) is 5.69 Å². The molecule has 0 atom stereocenters. The van der Waals surface area contributed by atoms with Gasteiger partial charge in [0, 0.05) is 17.8 Å². The normalized spacial score (nSPS) is 12.2. The third kappa shape index (κ3) is 2.78. The maximum atomic E-state index is 12.7. The topological polar surface area (TPSA) is 88.8 Å². The number of esters is 1. The van der Waals surface area contributed by atoms with E-state index in [9.17, 15) is 14.4 Å². The summed E-state index contributed by atoms with van der Waals surface area (Å²) in [6.07, 6.45) is 0. The molecule has 1 aromatic carbocycles. The number of aromatic nitrogens is 2. The molecule has 0 radical (unpaired) electrons. The Balaban J connectivity index is 2.10. The maximum absolute atomic E-state index is 12.7. The molecule has 1 aromatic heterocycles. The zero-order valence-corrected chi connectivity index (χ0v) is 13.3. The first-order valence-electron chi connectivity index (χ1n) is 7.40. The van der Waals surface area contributed by atoms with Gasteiger partial charge in [-0.1, -0.05) is 0 Å². The number of rotatable bonds is 4. The van der Waals surface area contributed by atoms with Crippen molar-refractivity contribution >= 4 is 5.97 Å². The average molecular weight is 332 g/mol. The molecule has 1 aliphatic rings. The van der Waals surface area contributed by atoms with E-state index in [1.54, 1.807) is 32.0 Å². The quantitative estimate of drug-likeness (QED) is 0.762. The van der Waals surface area contributed by atoms with Crippen molar-refractivity contribution in [3.63, 3.8) is 0 Å². The molecule has 1 aliphatic heterocycles. The van der Waals surface area contributed by atoms with Gasteiger partial charge in [-0.2, -0.15) is 0 Å². The van der Waals surface area contributed by atoms with Crippen LogP contribution in [0.1, 0.15) is 12.6 Å². The van der Waals surface area contributed by atoms with Crippen molar-refractivity contribution in [1.29, 1.82) is 0 Å². The lowest BCUT2D eigenvalue weighted by Crippen LogP contribution is -2.41. The Morgan fingerprint density at radius 3 is 2.71 bits per heavy atom. The first-order valence-corrected chi connectivity index (χ1v) is 7.40. The summed E-state index contributed by atoms with van der Waals surface area (Å²) in [5.41, 5.74) is -0.210. The summed E-state index contributed by atoms with van der Waals surface area (Å²) >= 11 is 0. The van der Waals surface area contributed by atoms with Crippen LogP contribution in [0.5, 0.6) is 11.5 Å². The highest BCUT2D eigenvalue weighted by Gasteiger charge is 2.18. The number of benzene rings is 1. The Labute approximate surface area is 136 Å². The molecule has 2 heterocycles. The van der Waals surface area contributed by atoms with Gasteiger partial charge in [-0.05, 0) is 26.0 Å². The van der Waals surface area contributed by atoms with E-state index in [0.717, 1.165) is 4.57 Å². The van der Waals surface area contributed by atoms with E-state index in [1.165, 1.54) is 10.6 Å². The van der Waals surface area contributed by atoms with Crippen molar-refractivity contribution in [1.82, 2.24) is 9.13 Å². The second kappa shape index (κ2) is 6.23. The number of hydrogen-bond donors (Lipinski definition) is 0. The van der Waals surface area contributed by atoms with E-state index >= 15 is 0 Å². The summed E-state index contributed by atoms with van der Waals surface area (Å²) in [5.74, 6) is 0.462. The first-order chi connectivity index (χ1) is 11.5. The van der Waals surface area contributed by atoms with Crippen molar-refractivity contribution in [2.75, 3.05) is 13.4 Å². The van der Waals surface area contributed by atoms with Gasteiger partial charge >= 0.3 is 11.7 Å². The number of aryl methyl sites for hydroxylation is 1. The molecule has 0 saturated carbocycles. The van der Waals surface area contributed by atoms with E-state index < -0.39 is 23.8 Å². The van der Waals surface area contributed by atoms with Gasteiger partial charge in [0.05, 0.1) is 12.3 Å². The predicted octanol–water partition coefficient (Wildman–Crippen LogP) is 0.599. The van der Waals surface area contributed by atoms with Gasteiger partial charge in [-0.15, -0.1) is 0 Å². The van der Waals surface area contributed by atoms with Crippen LogP contribution in [0.3, 0.4) is 0 Å². The van der Waals surface area contributed by atoms with E-state index in [2.05, 4.69) is 0 Å². The lowest BCUT2D eigenvalue weighted by Gasteiger charge is -2.13. The largest absolute Gasteiger partial charge is 0.465 e. The van der Waals surface area contributed by atoms with Gasteiger partial charge in [-0.3, -0.25) is 14.2 Å². The molecular formula is C16H16N2O6. The first kappa shape index (κ1) is 15.9. The van der Waals surface area contributed by atoms with Crippen molar-refractivity contribution in [2.45, 2.75) is 20.4 Å². The van der Waals surface area contributed by atoms with Gasteiger partial charge < -0.3 is 14.2 Å². The van der Waals surface area contributed by atoms with Crippen molar-refractivity contribution in [3.05, 3.63) is 50.8 Å². The number of hydrogen-bond acceptors (Lipinski definition) is 6. The van der Waals surface area contributed by atoms with Gasteiger partial charge in [0.25, 0.3) is 5.56 Å². The van der Waals surface area contributed by atoms with Crippen LogP contribution in [-0.2, 0) is 16.1 Å². The fraction of sp³-hybridized carbons (Fsp3) is 0.312. The number of carbonyl (C=O) groups excluding carboxylic acids is 1. The number of carbonyl (C=O) groups is 1. The monoisotopic (exact) mass is 332 g/mol. The van der Waals surface area contributed by atoms with E-state index in [0.29, 0.717) is 22.9 Å². The standard InChI is InChI=1S/C16H16N2O6/c1-3-22-15(20)8-17-14(19)6-10(2)18(16(17)21)11-4-5-12-13(7-11)24-9-23-12/h4-7H,3,8-9H2,1-2H3. The van der Waals surface area contributed by atoms with Crippen molar-refractivity contribution < 1.29 is 19.0 Å². The Morgan fingerprint density at radius 2 is 1.96 bits per heavy atom. The van der Waals surface area contributed by atoms with Crippen LogP contribution in [0.15, 0.2) is 33.9 Å². The van der Waals surface area contributed by atoms with Crippen molar-refractivity contribution in [3.8, 4) is 17.2 Å². The minimum absolute atomic E-state index is 0.120. The smallest absolute Gasteiger partial charge is 0.336 e. The number of nitrogens with zero attached hydrogens (tertiary/aromatic N) is 2. The fourth-order valence-electron chi connectivity index (χ4n) is 2.51. The van der Waals surface area contributed by atoms with Crippen LogP contribution < -0.4 is 20.7 Å². The van der Waals surface area contributed by atoms with Gasteiger partial charge in [0.15, 0.2) is 11.5 Å². The molecule has 0 amide bonds. The lowest BCUT2D eigenvalue weighted by atomic mass is 10.2. The minimum Gasteiger partial charge on any atom is -0.465 e. The van der Waals surface area contributed by atoms with Gasteiger partial charge in [0.1, 0.15) is 6.54 Å². The highest BCUT2D eigenvalue weighted by molar-refractivity contribution is 5.69. The van der Waals surface area contributed by atoms with Crippen LogP contribution in [0.4, 0.5) is 0 Å². The summed E-state index contributed by atoms with van der Waals surface area (Å²) in [6, 6.07) is 6.31. The molecule has 0 unspecified atom stereocenters. The van der Waals surface area contributed by atoms with Gasteiger partial charge in [0.2, 0.25) is 6.79 Å². The van der Waals surface area contributed by atoms with E-state index in [-0.39, 0.29) is 13.4 Å². The van der Waals surface area contributed by atoms with Crippen LogP contribution >= 0.6 is 0 Å². The Morgan fingerprint density at radius 1 is 1.21 bits per heavy atom. The van der Waals surface area contributed by atoms with Crippen LogP contribution in [0.2, 0.25) is 0 Å². The molecule has 0 spiro atoms. The zero-order chi connectivity index (χ0) is 17.3. The number of fused-ring (bicyclic) bond motifs is 1. The Hall–Kier alpha value is -3.03. The molecule has 24 heavy (non-hydrogen) atoms. The third-order valence-corrected chi connectivity index (χ3v) is 3.58. The summed E-state index contributed by atoms with van der Waals surface area (Å²) in [6.45, 7) is 3.16. The molecule has 0 saturated heterocycles. The molecule has 0 fully saturated rings. The highest BCUT2D eigenvalue weighted by Crippen LogP contribution is 2.33. The summed E-state index contributed by atoms with van der Waals surface area (Å²) in [7, 11) is 0. The Kier molecular flexibility index (Phi) is 4.11.